The number of aromatic nitrogens is 1. The monoisotopic (exact) mass is 313 g/mol. The van der Waals surface area contributed by atoms with Gasteiger partial charge >= 0.3 is 0 Å². The zero-order valence-electron chi connectivity index (χ0n) is 12.6. The standard InChI is InChI=1S/C21H16NP/c1-3-9-18(10-4-1)23(19-11-5-2-6-12-19)20-13-14-21-17(16-20)8-7-15-22-21/h1-16H. The van der Waals surface area contributed by atoms with E-state index in [0.29, 0.717) is 0 Å². The fourth-order valence-electron chi connectivity index (χ4n) is 2.80. The molecule has 0 amide bonds. The third-order valence-electron chi connectivity index (χ3n) is 3.87. The molecule has 3 aromatic carbocycles. The van der Waals surface area contributed by atoms with E-state index in [1.165, 1.54) is 21.3 Å². The van der Waals surface area contributed by atoms with Crippen LogP contribution >= 0.6 is 7.92 Å². The molecular weight excluding hydrogens is 297 g/mol. The van der Waals surface area contributed by atoms with E-state index in [9.17, 15) is 0 Å². The van der Waals surface area contributed by atoms with Crippen LogP contribution in [0.4, 0.5) is 0 Å². The molecule has 0 atom stereocenters. The van der Waals surface area contributed by atoms with Crippen LogP contribution in [0, 0.1) is 0 Å². The van der Waals surface area contributed by atoms with Crippen molar-refractivity contribution in [1.82, 2.24) is 4.98 Å². The van der Waals surface area contributed by atoms with Gasteiger partial charge in [-0.25, -0.2) is 0 Å². The molecule has 4 aromatic rings. The van der Waals surface area contributed by atoms with E-state index in [4.69, 9.17) is 0 Å². The molecule has 110 valence electrons. The SMILES string of the molecule is c1ccc(P(c2ccccc2)c2ccc3ncccc3c2)cc1. The van der Waals surface area contributed by atoms with Crippen molar-refractivity contribution < 1.29 is 0 Å². The van der Waals surface area contributed by atoms with Gasteiger partial charge in [-0.15, -0.1) is 0 Å². The highest BCUT2D eigenvalue weighted by atomic mass is 31.1. The van der Waals surface area contributed by atoms with Crippen LogP contribution in [0.3, 0.4) is 0 Å². The van der Waals surface area contributed by atoms with Crippen LogP contribution < -0.4 is 15.9 Å². The Morgan fingerprint density at radius 2 is 1.22 bits per heavy atom. The number of rotatable bonds is 3. The van der Waals surface area contributed by atoms with Crippen LogP contribution in [0.5, 0.6) is 0 Å². The predicted octanol–water partition coefficient (Wildman–Crippen LogP) is 3.99. The minimum atomic E-state index is -0.547. The van der Waals surface area contributed by atoms with Gasteiger partial charge in [0.15, 0.2) is 0 Å². The number of hydrogen-bond donors (Lipinski definition) is 0. The molecule has 0 aliphatic heterocycles. The molecule has 0 bridgehead atoms. The van der Waals surface area contributed by atoms with Gasteiger partial charge in [-0.1, -0.05) is 72.8 Å². The molecule has 1 aromatic heterocycles. The fraction of sp³-hybridized carbons (Fsp3) is 0. The Balaban J connectivity index is 1.90. The summed E-state index contributed by atoms with van der Waals surface area (Å²) >= 11 is 0. The molecule has 2 heteroatoms. The summed E-state index contributed by atoms with van der Waals surface area (Å²) in [6.45, 7) is 0. The third kappa shape index (κ3) is 2.88. The van der Waals surface area contributed by atoms with Crippen LogP contribution in [0.2, 0.25) is 0 Å². The van der Waals surface area contributed by atoms with Crippen LogP contribution in [0.25, 0.3) is 10.9 Å². The topological polar surface area (TPSA) is 12.9 Å². The van der Waals surface area contributed by atoms with Crippen LogP contribution in [0.1, 0.15) is 0 Å². The zero-order valence-corrected chi connectivity index (χ0v) is 13.5. The minimum Gasteiger partial charge on any atom is -0.256 e. The number of hydrogen-bond acceptors (Lipinski definition) is 1. The summed E-state index contributed by atoms with van der Waals surface area (Å²) in [5.74, 6) is 0. The Hall–Kier alpha value is -2.50. The van der Waals surface area contributed by atoms with Crippen molar-refractivity contribution in [2.24, 2.45) is 0 Å². The Morgan fingerprint density at radius 3 is 1.87 bits per heavy atom. The summed E-state index contributed by atoms with van der Waals surface area (Å²) in [4.78, 5) is 4.43. The summed E-state index contributed by atoms with van der Waals surface area (Å²) in [6, 6.07) is 32.3. The lowest BCUT2D eigenvalue weighted by Crippen LogP contribution is -2.20. The first-order valence-electron chi connectivity index (χ1n) is 7.67. The molecule has 0 saturated carbocycles. The van der Waals surface area contributed by atoms with Crippen molar-refractivity contribution in [2.45, 2.75) is 0 Å². The third-order valence-corrected chi connectivity index (χ3v) is 6.30. The van der Waals surface area contributed by atoms with Crippen molar-refractivity contribution in [2.75, 3.05) is 0 Å². The van der Waals surface area contributed by atoms with Crippen LogP contribution in [-0.4, -0.2) is 4.98 Å². The second-order valence-corrected chi connectivity index (χ2v) is 7.61. The lowest BCUT2D eigenvalue weighted by Gasteiger charge is -2.19. The Bertz CT molecular complexity index is 880. The highest BCUT2D eigenvalue weighted by Gasteiger charge is 2.16. The molecule has 0 saturated heterocycles. The van der Waals surface area contributed by atoms with E-state index >= 15 is 0 Å². The Kier molecular flexibility index (Phi) is 3.88. The molecule has 1 nitrogen and oxygen atoms in total. The summed E-state index contributed by atoms with van der Waals surface area (Å²) in [7, 11) is -0.547. The summed E-state index contributed by atoms with van der Waals surface area (Å²) in [5, 5.41) is 5.30. The minimum absolute atomic E-state index is 0.547. The van der Waals surface area contributed by atoms with Gasteiger partial charge in [-0.05, 0) is 42.0 Å². The van der Waals surface area contributed by atoms with Crippen molar-refractivity contribution in [3.63, 3.8) is 0 Å². The highest BCUT2D eigenvalue weighted by Crippen LogP contribution is 2.33. The number of benzene rings is 3. The average Bonchev–Trinajstić information content (AvgIpc) is 2.64. The lowest BCUT2D eigenvalue weighted by atomic mass is 10.2. The van der Waals surface area contributed by atoms with Gasteiger partial charge in [0.1, 0.15) is 0 Å². The van der Waals surface area contributed by atoms with E-state index in [1.807, 2.05) is 12.3 Å². The van der Waals surface area contributed by atoms with Crippen LogP contribution in [0.15, 0.2) is 97.2 Å². The van der Waals surface area contributed by atoms with Crippen LogP contribution in [-0.2, 0) is 0 Å². The van der Waals surface area contributed by atoms with Gasteiger partial charge in [0.25, 0.3) is 0 Å². The van der Waals surface area contributed by atoms with Crippen molar-refractivity contribution in [3.8, 4) is 0 Å². The zero-order chi connectivity index (χ0) is 15.5. The number of pyridine rings is 1. The maximum atomic E-state index is 4.43. The second-order valence-electron chi connectivity index (χ2n) is 5.39. The maximum Gasteiger partial charge on any atom is 0.0702 e. The summed E-state index contributed by atoms with van der Waals surface area (Å²) in [6.07, 6.45) is 1.85. The van der Waals surface area contributed by atoms with Gasteiger partial charge in [0.05, 0.1) is 5.52 Å². The molecule has 0 fully saturated rings. The molecule has 23 heavy (non-hydrogen) atoms. The van der Waals surface area contributed by atoms with E-state index in [2.05, 4.69) is 89.9 Å². The van der Waals surface area contributed by atoms with Gasteiger partial charge < -0.3 is 0 Å². The number of fused-ring (bicyclic) bond motifs is 1. The van der Waals surface area contributed by atoms with Crippen molar-refractivity contribution in [1.29, 1.82) is 0 Å². The molecule has 4 rings (SSSR count). The summed E-state index contributed by atoms with van der Waals surface area (Å²) in [5.41, 5.74) is 1.05. The molecule has 0 unspecified atom stereocenters. The first kappa shape index (κ1) is 14.1. The quantitative estimate of drug-likeness (QED) is 0.521. The maximum absolute atomic E-state index is 4.43. The smallest absolute Gasteiger partial charge is 0.0702 e. The second kappa shape index (κ2) is 6.32. The largest absolute Gasteiger partial charge is 0.256 e. The van der Waals surface area contributed by atoms with E-state index in [0.717, 1.165) is 5.52 Å². The first-order valence-corrected chi connectivity index (χ1v) is 9.01. The van der Waals surface area contributed by atoms with E-state index in [-0.39, 0.29) is 0 Å². The van der Waals surface area contributed by atoms with Gasteiger partial charge in [-0.3, -0.25) is 4.98 Å². The van der Waals surface area contributed by atoms with E-state index in [1.54, 1.807) is 0 Å². The molecule has 0 aliphatic rings. The molecule has 0 N–H and O–H groups in total. The van der Waals surface area contributed by atoms with Gasteiger partial charge in [0.2, 0.25) is 0 Å². The van der Waals surface area contributed by atoms with E-state index < -0.39 is 7.92 Å². The molecular formula is C21H16NP. The Morgan fingerprint density at radius 1 is 0.565 bits per heavy atom. The van der Waals surface area contributed by atoms with Gasteiger partial charge in [0, 0.05) is 11.6 Å². The lowest BCUT2D eigenvalue weighted by molar-refractivity contribution is 1.42. The first-order chi connectivity index (χ1) is 11.4. The Labute approximate surface area is 137 Å². The normalized spacial score (nSPS) is 11.0. The van der Waals surface area contributed by atoms with Crippen molar-refractivity contribution >= 4 is 34.7 Å². The highest BCUT2D eigenvalue weighted by molar-refractivity contribution is 7.79. The molecule has 0 aliphatic carbocycles. The summed E-state index contributed by atoms with van der Waals surface area (Å²) < 4.78 is 0. The predicted molar refractivity (Wildman–Crippen MR) is 100 cm³/mol. The average molecular weight is 313 g/mol. The van der Waals surface area contributed by atoms with Gasteiger partial charge in [-0.2, -0.15) is 0 Å². The number of nitrogens with zero attached hydrogens (tertiary/aromatic N) is 1. The molecule has 1 heterocycles. The fourth-order valence-corrected chi connectivity index (χ4v) is 5.13. The van der Waals surface area contributed by atoms with Crippen molar-refractivity contribution in [3.05, 3.63) is 97.2 Å². The molecule has 0 radical (unpaired) electrons. The molecule has 0 spiro atoms.